The van der Waals surface area contributed by atoms with E-state index in [1.54, 1.807) is 0 Å². The van der Waals surface area contributed by atoms with Crippen LogP contribution in [0.4, 0.5) is 0 Å². The van der Waals surface area contributed by atoms with Crippen LogP contribution in [0.5, 0.6) is 0 Å². The highest BCUT2D eigenvalue weighted by Crippen LogP contribution is 2.35. The molecule has 2 aliphatic rings. The summed E-state index contributed by atoms with van der Waals surface area (Å²) in [6, 6.07) is 12.1. The topological polar surface area (TPSA) is 44.0 Å². The molecule has 0 saturated heterocycles. The fourth-order valence-electron chi connectivity index (χ4n) is 2.16. The van der Waals surface area contributed by atoms with Crippen LogP contribution < -0.4 is 0 Å². The van der Waals surface area contributed by atoms with E-state index >= 15 is 0 Å². The fraction of sp³-hybridized carbons (Fsp3) is 0.214. The molecule has 0 saturated carbocycles. The highest BCUT2D eigenvalue weighted by atomic mass is 16.2. The number of rotatable bonds is 2. The van der Waals surface area contributed by atoms with Crippen molar-refractivity contribution in [2.45, 2.75) is 13.3 Å². The first kappa shape index (κ1) is 10.7. The second-order valence-corrected chi connectivity index (χ2v) is 3.80. The van der Waals surface area contributed by atoms with Gasteiger partial charge in [-0.25, -0.2) is 0 Å². The molecule has 2 aliphatic carbocycles. The Morgan fingerprint density at radius 1 is 1.19 bits per heavy atom. The standard InChI is InChI=1S/C14H13NO/c1-10-11(7-8-16)12-5-3-2-4-6-13(12)14(10)9-15/h2-6,16H,7-8H2,1H3. The lowest BCUT2D eigenvalue weighted by molar-refractivity contribution is 0.299. The molecule has 0 aromatic rings. The minimum absolute atomic E-state index is 0.115. The highest BCUT2D eigenvalue weighted by molar-refractivity contribution is 5.80. The summed E-state index contributed by atoms with van der Waals surface area (Å²) >= 11 is 0. The third kappa shape index (κ3) is 1.56. The minimum atomic E-state index is 0.115. The molecule has 0 unspecified atom stereocenters. The van der Waals surface area contributed by atoms with Gasteiger partial charge in [-0.15, -0.1) is 0 Å². The fourth-order valence-corrected chi connectivity index (χ4v) is 2.16. The van der Waals surface area contributed by atoms with E-state index in [1.807, 2.05) is 37.3 Å². The number of hydrogen-bond acceptors (Lipinski definition) is 2. The van der Waals surface area contributed by atoms with E-state index in [1.165, 1.54) is 0 Å². The second kappa shape index (κ2) is 4.34. The van der Waals surface area contributed by atoms with Gasteiger partial charge in [0.25, 0.3) is 0 Å². The molecule has 0 radical (unpaired) electrons. The molecule has 2 heteroatoms. The summed E-state index contributed by atoms with van der Waals surface area (Å²) in [7, 11) is 0. The molecule has 0 amide bonds. The third-order valence-electron chi connectivity index (χ3n) is 2.93. The van der Waals surface area contributed by atoms with E-state index in [0.717, 1.165) is 27.8 Å². The largest absolute Gasteiger partial charge is 0.396 e. The van der Waals surface area contributed by atoms with Gasteiger partial charge in [0.15, 0.2) is 0 Å². The Morgan fingerprint density at radius 3 is 2.50 bits per heavy atom. The van der Waals surface area contributed by atoms with E-state index in [2.05, 4.69) is 6.07 Å². The number of nitriles is 1. The molecule has 0 fully saturated rings. The molecule has 0 aliphatic heterocycles. The summed E-state index contributed by atoms with van der Waals surface area (Å²) in [5.74, 6) is 0. The maximum absolute atomic E-state index is 9.17. The van der Waals surface area contributed by atoms with E-state index < -0.39 is 0 Å². The Bertz CT molecular complexity index is 525. The molecule has 0 atom stereocenters. The molecule has 16 heavy (non-hydrogen) atoms. The minimum Gasteiger partial charge on any atom is -0.396 e. The Kier molecular flexibility index (Phi) is 2.89. The molecule has 0 spiro atoms. The molecular weight excluding hydrogens is 198 g/mol. The van der Waals surface area contributed by atoms with E-state index in [0.29, 0.717) is 6.42 Å². The third-order valence-corrected chi connectivity index (χ3v) is 2.93. The first-order valence-electron chi connectivity index (χ1n) is 5.30. The van der Waals surface area contributed by atoms with Gasteiger partial charge in [0.1, 0.15) is 6.07 Å². The lowest BCUT2D eigenvalue weighted by atomic mass is 10.1. The Labute approximate surface area is 95.1 Å². The van der Waals surface area contributed by atoms with Crippen molar-refractivity contribution < 1.29 is 5.11 Å². The normalized spacial score (nSPS) is 10.3. The summed E-state index contributed by atoms with van der Waals surface area (Å²) in [6.45, 7) is 2.06. The van der Waals surface area contributed by atoms with Crippen LogP contribution in [0, 0.1) is 18.3 Å². The van der Waals surface area contributed by atoms with Crippen LogP contribution in [-0.2, 0) is 6.42 Å². The van der Waals surface area contributed by atoms with Crippen molar-refractivity contribution in [3.63, 3.8) is 0 Å². The zero-order valence-corrected chi connectivity index (χ0v) is 9.20. The van der Waals surface area contributed by atoms with Crippen molar-refractivity contribution >= 4 is 0 Å². The number of aliphatic hydroxyl groups excluding tert-OH is 1. The molecule has 0 aromatic carbocycles. The molecule has 80 valence electrons. The molecule has 0 bridgehead atoms. The first-order valence-corrected chi connectivity index (χ1v) is 5.30. The van der Waals surface area contributed by atoms with E-state index in [9.17, 15) is 0 Å². The summed E-state index contributed by atoms with van der Waals surface area (Å²) in [4.78, 5) is 0. The maximum atomic E-state index is 9.17. The van der Waals surface area contributed by atoms with Crippen molar-refractivity contribution in [3.8, 4) is 17.2 Å². The van der Waals surface area contributed by atoms with Gasteiger partial charge in [0.05, 0.1) is 5.56 Å². The Balaban J connectivity index is 2.75. The number of fused-ring (bicyclic) bond motifs is 1. The average molecular weight is 211 g/mol. The molecule has 2 rings (SSSR count). The predicted octanol–water partition coefficient (Wildman–Crippen LogP) is 2.51. The maximum Gasteiger partial charge on any atom is 0.100 e. The SMILES string of the molecule is Cc1c(C#N)c2cccccc-2c1CCO. The van der Waals surface area contributed by atoms with Gasteiger partial charge in [-0.3, -0.25) is 0 Å². The highest BCUT2D eigenvalue weighted by Gasteiger charge is 2.18. The van der Waals surface area contributed by atoms with Gasteiger partial charge in [-0.2, -0.15) is 5.26 Å². The van der Waals surface area contributed by atoms with Gasteiger partial charge in [-0.1, -0.05) is 30.3 Å². The quantitative estimate of drug-likeness (QED) is 0.829. The van der Waals surface area contributed by atoms with Gasteiger partial charge >= 0.3 is 0 Å². The lowest BCUT2D eigenvalue weighted by Gasteiger charge is -1.99. The number of hydrogen-bond donors (Lipinski definition) is 1. The zero-order valence-electron chi connectivity index (χ0n) is 9.20. The summed E-state index contributed by atoms with van der Waals surface area (Å²) in [6.07, 6.45) is 0.605. The van der Waals surface area contributed by atoms with Crippen molar-refractivity contribution in [2.75, 3.05) is 6.61 Å². The van der Waals surface area contributed by atoms with Crippen LogP contribution in [-0.4, -0.2) is 11.7 Å². The average Bonchev–Trinajstić information content (AvgIpc) is 2.48. The van der Waals surface area contributed by atoms with Crippen LogP contribution in [0.2, 0.25) is 0 Å². The predicted molar refractivity (Wildman–Crippen MR) is 63.3 cm³/mol. The van der Waals surface area contributed by atoms with Gasteiger partial charge < -0.3 is 5.11 Å². The van der Waals surface area contributed by atoms with E-state index in [4.69, 9.17) is 10.4 Å². The number of aliphatic hydroxyl groups is 1. The van der Waals surface area contributed by atoms with Gasteiger partial charge in [0, 0.05) is 6.61 Å². The summed E-state index contributed by atoms with van der Waals surface area (Å²) < 4.78 is 0. The Hall–Kier alpha value is -1.85. The number of nitrogens with zero attached hydrogens (tertiary/aromatic N) is 1. The molecule has 1 N–H and O–H groups in total. The monoisotopic (exact) mass is 211 g/mol. The smallest absolute Gasteiger partial charge is 0.100 e. The Morgan fingerprint density at radius 2 is 1.88 bits per heavy atom. The second-order valence-electron chi connectivity index (χ2n) is 3.80. The van der Waals surface area contributed by atoms with Crippen molar-refractivity contribution in [1.82, 2.24) is 0 Å². The summed E-state index contributed by atoms with van der Waals surface area (Å²) in [5.41, 5.74) is 4.87. The van der Waals surface area contributed by atoms with Crippen molar-refractivity contribution in [3.05, 3.63) is 47.0 Å². The van der Waals surface area contributed by atoms with Crippen LogP contribution in [0.25, 0.3) is 11.1 Å². The van der Waals surface area contributed by atoms with Crippen LogP contribution >= 0.6 is 0 Å². The van der Waals surface area contributed by atoms with Crippen molar-refractivity contribution in [2.24, 2.45) is 0 Å². The zero-order chi connectivity index (χ0) is 11.5. The van der Waals surface area contributed by atoms with Crippen LogP contribution in [0.15, 0.2) is 30.3 Å². The van der Waals surface area contributed by atoms with Crippen LogP contribution in [0.3, 0.4) is 0 Å². The first-order chi connectivity index (χ1) is 7.79. The molecule has 0 heterocycles. The van der Waals surface area contributed by atoms with Crippen LogP contribution in [0.1, 0.15) is 16.7 Å². The molecular formula is C14H13NO. The molecule has 2 nitrogen and oxygen atoms in total. The molecule has 0 aromatic heterocycles. The lowest BCUT2D eigenvalue weighted by Crippen LogP contribution is -1.91. The van der Waals surface area contributed by atoms with E-state index in [-0.39, 0.29) is 6.61 Å². The summed E-state index contributed by atoms with van der Waals surface area (Å²) in [5, 5.41) is 18.2. The van der Waals surface area contributed by atoms with Gasteiger partial charge in [0.2, 0.25) is 0 Å². The van der Waals surface area contributed by atoms with Crippen molar-refractivity contribution in [1.29, 1.82) is 5.26 Å². The van der Waals surface area contributed by atoms with Gasteiger partial charge in [-0.05, 0) is 35.6 Å².